The molecule has 1 aliphatic heterocycles. The fraction of sp³-hybridized carbons (Fsp3) is 0.636. The molecule has 1 aromatic heterocycles. The monoisotopic (exact) mass is 256 g/mol. The number of rotatable bonds is 1. The van der Waals surface area contributed by atoms with Gasteiger partial charge in [-0.1, -0.05) is 20.8 Å². The van der Waals surface area contributed by atoms with Crippen LogP contribution in [-0.2, 0) is 10.2 Å². The molecule has 0 bridgehead atoms. The van der Waals surface area contributed by atoms with Gasteiger partial charge in [0.15, 0.2) is 5.13 Å². The van der Waals surface area contributed by atoms with Gasteiger partial charge in [0.25, 0.3) is 0 Å². The van der Waals surface area contributed by atoms with Gasteiger partial charge in [-0.2, -0.15) is 12.6 Å². The Labute approximate surface area is 105 Å². The minimum absolute atomic E-state index is 0.0396. The summed E-state index contributed by atoms with van der Waals surface area (Å²) < 4.78 is 0. The number of aromatic nitrogens is 1. The third kappa shape index (κ3) is 2.25. The van der Waals surface area contributed by atoms with Gasteiger partial charge in [-0.3, -0.25) is 9.69 Å². The molecule has 3 nitrogen and oxygen atoms in total. The first kappa shape index (κ1) is 11.9. The molecule has 1 unspecified atom stereocenters. The molecular formula is C11H16N2OS2. The maximum atomic E-state index is 11.7. The lowest BCUT2D eigenvalue weighted by atomic mass is 9.93. The normalized spacial score (nSPS) is 21.9. The summed E-state index contributed by atoms with van der Waals surface area (Å²) in [7, 11) is 0. The average molecular weight is 256 g/mol. The topological polar surface area (TPSA) is 33.2 Å². The van der Waals surface area contributed by atoms with Crippen LogP contribution < -0.4 is 4.90 Å². The molecule has 2 rings (SSSR count). The van der Waals surface area contributed by atoms with Crippen molar-refractivity contribution in [3.05, 3.63) is 11.1 Å². The van der Waals surface area contributed by atoms with Crippen molar-refractivity contribution in [1.82, 2.24) is 4.98 Å². The third-order valence-electron chi connectivity index (χ3n) is 2.60. The molecule has 1 atom stereocenters. The first-order valence-corrected chi connectivity index (χ1v) is 6.72. The highest BCUT2D eigenvalue weighted by molar-refractivity contribution is 7.81. The molecule has 0 spiro atoms. The van der Waals surface area contributed by atoms with Crippen molar-refractivity contribution in [2.45, 2.75) is 37.9 Å². The Bertz CT molecular complexity index is 408. The van der Waals surface area contributed by atoms with E-state index in [1.54, 1.807) is 4.90 Å². The van der Waals surface area contributed by atoms with Crippen LogP contribution in [0.3, 0.4) is 0 Å². The van der Waals surface area contributed by atoms with Crippen LogP contribution in [0.15, 0.2) is 5.38 Å². The maximum Gasteiger partial charge on any atom is 0.229 e. The van der Waals surface area contributed by atoms with E-state index in [-0.39, 0.29) is 16.6 Å². The maximum absolute atomic E-state index is 11.7. The van der Waals surface area contributed by atoms with Crippen molar-refractivity contribution < 1.29 is 4.79 Å². The Balaban J connectivity index is 2.23. The second kappa shape index (κ2) is 4.04. The zero-order valence-corrected chi connectivity index (χ0v) is 11.4. The fourth-order valence-corrected chi connectivity index (χ4v) is 3.00. The lowest BCUT2D eigenvalue weighted by molar-refractivity contribution is -0.117. The van der Waals surface area contributed by atoms with Crippen molar-refractivity contribution in [3.8, 4) is 0 Å². The molecule has 16 heavy (non-hydrogen) atoms. The van der Waals surface area contributed by atoms with Gasteiger partial charge in [0.2, 0.25) is 5.91 Å². The van der Waals surface area contributed by atoms with E-state index in [2.05, 4.69) is 38.4 Å². The molecule has 1 aromatic rings. The van der Waals surface area contributed by atoms with Gasteiger partial charge in [0, 0.05) is 29.0 Å². The van der Waals surface area contributed by atoms with Gasteiger partial charge in [-0.15, -0.1) is 11.3 Å². The molecule has 88 valence electrons. The molecule has 0 aromatic carbocycles. The Hall–Kier alpha value is -0.550. The standard InChI is InChI=1S/C11H16N2OS2/c1-11(2,3)8-6-16-10(12-8)13-5-7(15)4-9(13)14/h6-7,15H,4-5H2,1-3H3. The number of hydrogen-bond donors (Lipinski definition) is 1. The summed E-state index contributed by atoms with van der Waals surface area (Å²) in [5.41, 5.74) is 1.08. The summed E-state index contributed by atoms with van der Waals surface area (Å²) >= 11 is 5.88. The number of hydrogen-bond acceptors (Lipinski definition) is 4. The number of thiazole rings is 1. The van der Waals surface area contributed by atoms with E-state index in [4.69, 9.17) is 0 Å². The first-order chi connectivity index (χ1) is 7.38. The van der Waals surface area contributed by atoms with Crippen LogP contribution >= 0.6 is 24.0 Å². The quantitative estimate of drug-likeness (QED) is 0.783. The predicted molar refractivity (Wildman–Crippen MR) is 70.6 cm³/mol. The van der Waals surface area contributed by atoms with Crippen LogP contribution in [0, 0.1) is 0 Å². The average Bonchev–Trinajstić information content (AvgIpc) is 2.70. The van der Waals surface area contributed by atoms with Gasteiger partial charge in [0.1, 0.15) is 0 Å². The SMILES string of the molecule is CC(C)(C)c1csc(N2CC(S)CC2=O)n1. The molecular weight excluding hydrogens is 240 g/mol. The van der Waals surface area contributed by atoms with Crippen LogP contribution in [0.4, 0.5) is 5.13 Å². The Morgan fingerprint density at radius 3 is 2.69 bits per heavy atom. The van der Waals surface area contributed by atoms with Gasteiger partial charge < -0.3 is 0 Å². The van der Waals surface area contributed by atoms with E-state index in [1.165, 1.54) is 11.3 Å². The van der Waals surface area contributed by atoms with Crippen molar-refractivity contribution >= 4 is 35.0 Å². The van der Waals surface area contributed by atoms with Gasteiger partial charge in [-0.25, -0.2) is 4.98 Å². The van der Waals surface area contributed by atoms with E-state index in [1.807, 2.05) is 5.38 Å². The molecule has 0 radical (unpaired) electrons. The number of carbonyl (C=O) groups excluding carboxylic acids is 1. The van der Waals surface area contributed by atoms with E-state index in [0.29, 0.717) is 13.0 Å². The molecule has 5 heteroatoms. The fourth-order valence-electron chi connectivity index (χ4n) is 1.61. The Kier molecular flexibility index (Phi) is 3.01. The number of amides is 1. The van der Waals surface area contributed by atoms with Gasteiger partial charge in [-0.05, 0) is 0 Å². The van der Waals surface area contributed by atoms with E-state index in [9.17, 15) is 4.79 Å². The number of thiol groups is 1. The van der Waals surface area contributed by atoms with E-state index >= 15 is 0 Å². The Morgan fingerprint density at radius 1 is 1.56 bits per heavy atom. The van der Waals surface area contributed by atoms with E-state index < -0.39 is 0 Å². The molecule has 0 N–H and O–H groups in total. The molecule has 1 amide bonds. The highest BCUT2D eigenvalue weighted by Crippen LogP contribution is 2.31. The zero-order chi connectivity index (χ0) is 11.9. The van der Waals surface area contributed by atoms with Crippen LogP contribution in [0.1, 0.15) is 32.9 Å². The summed E-state index contributed by atoms with van der Waals surface area (Å²) in [4.78, 5) is 18.0. The summed E-state index contributed by atoms with van der Waals surface area (Å²) in [5.74, 6) is 0.134. The first-order valence-electron chi connectivity index (χ1n) is 5.32. The summed E-state index contributed by atoms with van der Waals surface area (Å²) in [6.07, 6.45) is 0.521. The summed E-state index contributed by atoms with van der Waals surface area (Å²) in [6, 6.07) is 0. The van der Waals surface area contributed by atoms with Crippen molar-refractivity contribution in [1.29, 1.82) is 0 Å². The van der Waals surface area contributed by atoms with Crippen molar-refractivity contribution in [3.63, 3.8) is 0 Å². The highest BCUT2D eigenvalue weighted by atomic mass is 32.1. The summed E-state index contributed by atoms with van der Waals surface area (Å²) in [6.45, 7) is 7.05. The molecule has 1 aliphatic rings. The molecule has 0 aliphatic carbocycles. The molecule has 1 fully saturated rings. The Morgan fingerprint density at radius 2 is 2.25 bits per heavy atom. The lowest BCUT2D eigenvalue weighted by Gasteiger charge is -2.15. The minimum atomic E-state index is 0.0396. The zero-order valence-electron chi connectivity index (χ0n) is 9.73. The second-order valence-corrected chi connectivity index (χ2v) is 6.69. The van der Waals surface area contributed by atoms with Gasteiger partial charge in [0.05, 0.1) is 5.69 Å². The van der Waals surface area contributed by atoms with Crippen LogP contribution in [0.5, 0.6) is 0 Å². The second-order valence-electron chi connectivity index (χ2n) is 5.13. The van der Waals surface area contributed by atoms with Crippen molar-refractivity contribution in [2.24, 2.45) is 0 Å². The van der Waals surface area contributed by atoms with Gasteiger partial charge >= 0.3 is 0 Å². The molecule has 0 saturated carbocycles. The predicted octanol–water partition coefficient (Wildman–Crippen LogP) is 2.48. The molecule has 1 saturated heterocycles. The van der Waals surface area contributed by atoms with Crippen LogP contribution in [0.2, 0.25) is 0 Å². The smallest absolute Gasteiger partial charge is 0.229 e. The lowest BCUT2D eigenvalue weighted by Crippen LogP contribution is -2.24. The largest absolute Gasteiger partial charge is 0.287 e. The van der Waals surface area contributed by atoms with E-state index in [0.717, 1.165) is 10.8 Å². The van der Waals surface area contributed by atoms with Crippen LogP contribution in [-0.4, -0.2) is 22.7 Å². The third-order valence-corrected chi connectivity index (χ3v) is 3.81. The number of nitrogens with zero attached hydrogens (tertiary/aromatic N) is 2. The molecule has 2 heterocycles. The number of carbonyl (C=O) groups is 1. The van der Waals surface area contributed by atoms with Crippen molar-refractivity contribution in [2.75, 3.05) is 11.4 Å². The number of anilines is 1. The summed E-state index contributed by atoms with van der Waals surface area (Å²) in [5, 5.41) is 3.00. The van der Waals surface area contributed by atoms with Crippen LogP contribution in [0.25, 0.3) is 0 Å². The minimum Gasteiger partial charge on any atom is -0.287 e. The highest BCUT2D eigenvalue weighted by Gasteiger charge is 2.31.